The number of Topliss-reactive ketones (excluding diaryl/α,β-unsaturated/α-hetero) is 1. The Labute approximate surface area is 210 Å². The third-order valence-corrected chi connectivity index (χ3v) is 6.43. The lowest BCUT2D eigenvalue weighted by molar-refractivity contribution is -0.137. The van der Waals surface area contributed by atoms with Crippen LogP contribution < -0.4 is 0 Å². The Morgan fingerprint density at radius 3 is 2.38 bits per heavy atom. The Morgan fingerprint density at radius 2 is 1.76 bits per heavy atom. The van der Waals surface area contributed by atoms with Crippen molar-refractivity contribution in [2.45, 2.75) is 32.0 Å². The summed E-state index contributed by atoms with van der Waals surface area (Å²) < 4.78 is 66.9. The van der Waals surface area contributed by atoms with Gasteiger partial charge in [-0.15, -0.1) is 0 Å². The number of aromatic amines is 1. The first-order valence-electron chi connectivity index (χ1n) is 11.8. The number of amides is 1. The molecule has 1 amide bonds. The molecule has 1 aliphatic rings. The van der Waals surface area contributed by atoms with Gasteiger partial charge in [-0.1, -0.05) is 30.3 Å². The van der Waals surface area contributed by atoms with Gasteiger partial charge in [0.15, 0.2) is 5.78 Å². The number of aromatic nitrogens is 1. The SMILES string of the molecule is Cc1cc(CC2CN(CC(=O)c3ccccc3)CCN2C(=O)c2cc(C(F)F)cc(C(F)(F)F)c2)c[nH]1. The number of piperazine rings is 1. The zero-order chi connectivity index (χ0) is 26.7. The second-order valence-electron chi connectivity index (χ2n) is 9.21. The number of alkyl halides is 5. The summed E-state index contributed by atoms with van der Waals surface area (Å²) >= 11 is 0. The third kappa shape index (κ3) is 6.43. The Balaban J connectivity index is 1.60. The zero-order valence-corrected chi connectivity index (χ0v) is 20.1. The van der Waals surface area contributed by atoms with Crippen LogP contribution in [-0.2, 0) is 12.6 Å². The van der Waals surface area contributed by atoms with Crippen LogP contribution in [0.4, 0.5) is 22.0 Å². The second kappa shape index (κ2) is 10.8. The van der Waals surface area contributed by atoms with E-state index < -0.39 is 41.2 Å². The van der Waals surface area contributed by atoms with Gasteiger partial charge in [-0.3, -0.25) is 14.5 Å². The van der Waals surface area contributed by atoms with E-state index in [1.807, 2.05) is 24.0 Å². The molecular weight excluding hydrogens is 493 g/mol. The number of H-pyrrole nitrogens is 1. The van der Waals surface area contributed by atoms with E-state index in [1.165, 1.54) is 4.90 Å². The van der Waals surface area contributed by atoms with Crippen molar-refractivity contribution < 1.29 is 31.5 Å². The van der Waals surface area contributed by atoms with Gasteiger partial charge in [0.25, 0.3) is 12.3 Å². The maximum Gasteiger partial charge on any atom is 0.416 e. The van der Waals surface area contributed by atoms with E-state index in [4.69, 9.17) is 0 Å². The van der Waals surface area contributed by atoms with Crippen LogP contribution >= 0.6 is 0 Å². The van der Waals surface area contributed by atoms with Crippen LogP contribution in [0.15, 0.2) is 60.8 Å². The molecule has 0 saturated carbocycles. The van der Waals surface area contributed by atoms with E-state index in [1.54, 1.807) is 30.5 Å². The highest BCUT2D eigenvalue weighted by atomic mass is 19.4. The predicted molar refractivity (Wildman–Crippen MR) is 128 cm³/mol. The minimum atomic E-state index is -4.88. The Morgan fingerprint density at radius 1 is 1.03 bits per heavy atom. The number of aryl methyl sites for hydroxylation is 1. The molecule has 0 aliphatic carbocycles. The van der Waals surface area contributed by atoms with Crippen molar-refractivity contribution in [1.82, 2.24) is 14.8 Å². The average molecular weight is 520 g/mol. The highest BCUT2D eigenvalue weighted by molar-refractivity contribution is 5.97. The van der Waals surface area contributed by atoms with Crippen LogP contribution in [0, 0.1) is 6.92 Å². The molecule has 4 rings (SSSR count). The molecule has 1 unspecified atom stereocenters. The normalized spacial score (nSPS) is 16.8. The van der Waals surface area contributed by atoms with Gasteiger partial charge in [-0.05, 0) is 43.2 Å². The standard InChI is InChI=1S/C27H26F5N3O2/c1-17-9-18(14-33-17)10-23-15-34(16-24(36)19-5-3-2-4-6-19)7-8-35(23)26(37)21-11-20(25(28)29)12-22(13-21)27(30,31)32/h2-6,9,11-14,23,25,33H,7-8,10,15-16H2,1H3. The van der Waals surface area contributed by atoms with E-state index in [9.17, 15) is 31.5 Å². The van der Waals surface area contributed by atoms with E-state index in [0.29, 0.717) is 37.2 Å². The van der Waals surface area contributed by atoms with Gasteiger partial charge in [0.05, 0.1) is 12.1 Å². The predicted octanol–water partition coefficient (Wildman–Crippen LogP) is 5.53. The zero-order valence-electron chi connectivity index (χ0n) is 20.1. The fraction of sp³-hybridized carbons (Fsp3) is 0.333. The number of hydrogen-bond acceptors (Lipinski definition) is 3. The lowest BCUT2D eigenvalue weighted by Crippen LogP contribution is -2.56. The van der Waals surface area contributed by atoms with Crippen LogP contribution in [0.25, 0.3) is 0 Å². The number of nitrogens with zero attached hydrogens (tertiary/aromatic N) is 2. The number of nitrogens with one attached hydrogen (secondary N) is 1. The monoisotopic (exact) mass is 519 g/mol. The first-order valence-corrected chi connectivity index (χ1v) is 11.8. The van der Waals surface area contributed by atoms with Crippen molar-refractivity contribution in [2.24, 2.45) is 0 Å². The van der Waals surface area contributed by atoms with Crippen molar-refractivity contribution in [3.63, 3.8) is 0 Å². The molecule has 5 nitrogen and oxygen atoms in total. The summed E-state index contributed by atoms with van der Waals surface area (Å²) in [5.41, 5.74) is -0.244. The molecule has 0 radical (unpaired) electrons. The Kier molecular flexibility index (Phi) is 7.77. The molecular formula is C27H26F5N3O2. The maximum atomic E-state index is 13.4. The summed E-state index contributed by atoms with van der Waals surface area (Å²) in [6.07, 6.45) is -5.87. The topological polar surface area (TPSA) is 56.4 Å². The molecule has 1 saturated heterocycles. The fourth-order valence-electron chi connectivity index (χ4n) is 4.61. The molecule has 2 heterocycles. The van der Waals surface area contributed by atoms with Gasteiger partial charge in [0, 0.05) is 54.3 Å². The summed E-state index contributed by atoms with van der Waals surface area (Å²) in [6, 6.07) is 12.0. The molecule has 1 atom stereocenters. The van der Waals surface area contributed by atoms with Crippen LogP contribution in [0.1, 0.15) is 49.5 Å². The van der Waals surface area contributed by atoms with Crippen LogP contribution in [-0.4, -0.2) is 58.7 Å². The average Bonchev–Trinajstić information content (AvgIpc) is 3.27. The van der Waals surface area contributed by atoms with Crippen LogP contribution in [0.2, 0.25) is 0 Å². The van der Waals surface area contributed by atoms with Gasteiger partial charge in [0.1, 0.15) is 0 Å². The third-order valence-electron chi connectivity index (χ3n) is 6.43. The minimum Gasteiger partial charge on any atom is -0.365 e. The molecule has 0 bridgehead atoms. The lowest BCUT2D eigenvalue weighted by Gasteiger charge is -2.41. The molecule has 10 heteroatoms. The number of carbonyl (C=O) groups excluding carboxylic acids is 2. The molecule has 196 valence electrons. The molecule has 1 aromatic heterocycles. The smallest absolute Gasteiger partial charge is 0.365 e. The second-order valence-corrected chi connectivity index (χ2v) is 9.21. The van der Waals surface area contributed by atoms with E-state index in [2.05, 4.69) is 4.98 Å². The maximum absolute atomic E-state index is 13.4. The van der Waals surface area contributed by atoms with Crippen molar-refractivity contribution >= 4 is 11.7 Å². The van der Waals surface area contributed by atoms with Crippen molar-refractivity contribution in [3.8, 4) is 0 Å². The van der Waals surface area contributed by atoms with Crippen molar-refractivity contribution in [1.29, 1.82) is 0 Å². The highest BCUT2D eigenvalue weighted by Crippen LogP contribution is 2.34. The first-order chi connectivity index (χ1) is 17.5. The molecule has 1 fully saturated rings. The quantitative estimate of drug-likeness (QED) is 0.330. The molecule has 37 heavy (non-hydrogen) atoms. The van der Waals surface area contributed by atoms with Gasteiger partial charge < -0.3 is 9.88 Å². The molecule has 0 spiro atoms. The molecule has 2 aromatic carbocycles. The van der Waals surface area contributed by atoms with Crippen LogP contribution in [0.3, 0.4) is 0 Å². The largest absolute Gasteiger partial charge is 0.416 e. The Hall–Kier alpha value is -3.53. The van der Waals surface area contributed by atoms with Crippen molar-refractivity contribution in [2.75, 3.05) is 26.2 Å². The van der Waals surface area contributed by atoms with Gasteiger partial charge in [0.2, 0.25) is 0 Å². The van der Waals surface area contributed by atoms with E-state index in [0.717, 1.165) is 17.3 Å². The van der Waals surface area contributed by atoms with Gasteiger partial charge in [-0.25, -0.2) is 8.78 Å². The van der Waals surface area contributed by atoms with E-state index in [-0.39, 0.29) is 18.9 Å². The number of carbonyl (C=O) groups is 2. The molecule has 1 aliphatic heterocycles. The van der Waals surface area contributed by atoms with Crippen LogP contribution in [0.5, 0.6) is 0 Å². The summed E-state index contributed by atoms with van der Waals surface area (Å²) in [7, 11) is 0. The summed E-state index contributed by atoms with van der Waals surface area (Å²) in [4.78, 5) is 32.6. The number of ketones is 1. The summed E-state index contributed by atoms with van der Waals surface area (Å²) in [6.45, 7) is 2.73. The fourth-order valence-corrected chi connectivity index (χ4v) is 4.61. The summed E-state index contributed by atoms with van der Waals surface area (Å²) in [5.74, 6) is -0.838. The highest BCUT2D eigenvalue weighted by Gasteiger charge is 2.36. The van der Waals surface area contributed by atoms with Gasteiger partial charge >= 0.3 is 6.18 Å². The lowest BCUT2D eigenvalue weighted by atomic mass is 9.99. The Bertz CT molecular complexity index is 1260. The minimum absolute atomic E-state index is 0.0870. The number of hydrogen-bond donors (Lipinski definition) is 1. The summed E-state index contributed by atoms with van der Waals surface area (Å²) in [5, 5.41) is 0. The van der Waals surface area contributed by atoms with E-state index >= 15 is 0 Å². The molecule has 3 aromatic rings. The number of rotatable bonds is 7. The van der Waals surface area contributed by atoms with Gasteiger partial charge in [-0.2, -0.15) is 13.2 Å². The number of benzene rings is 2. The first kappa shape index (κ1) is 26.5. The van der Waals surface area contributed by atoms with Crippen molar-refractivity contribution in [3.05, 3.63) is 94.3 Å². The number of halogens is 5. The molecule has 1 N–H and O–H groups in total.